The summed E-state index contributed by atoms with van der Waals surface area (Å²) in [6.07, 6.45) is 4.20. The second-order valence-electron chi connectivity index (χ2n) is 8.64. The number of thiophene rings is 1. The minimum absolute atomic E-state index is 0.132. The number of hydrogen-bond acceptors (Lipinski definition) is 5. The molecular formula is C23H31N3O3S2. The van der Waals surface area contributed by atoms with Gasteiger partial charge in [0.1, 0.15) is 9.77 Å². The fraction of sp³-hybridized carbons (Fsp3) is 0.522. The first kappa shape index (κ1) is 22.5. The lowest BCUT2D eigenvalue weighted by molar-refractivity contribution is 0.0951. The molecule has 2 saturated heterocycles. The van der Waals surface area contributed by atoms with E-state index in [0.29, 0.717) is 19.6 Å². The summed E-state index contributed by atoms with van der Waals surface area (Å²) in [6, 6.07) is 9.73. The maximum atomic E-state index is 12.9. The molecule has 1 aromatic carbocycles. The molecule has 0 unspecified atom stereocenters. The summed E-state index contributed by atoms with van der Waals surface area (Å²) in [6.45, 7) is 6.85. The monoisotopic (exact) mass is 461 g/mol. The van der Waals surface area contributed by atoms with Gasteiger partial charge in [-0.25, -0.2) is 8.42 Å². The van der Waals surface area contributed by atoms with Crippen molar-refractivity contribution in [1.29, 1.82) is 0 Å². The van der Waals surface area contributed by atoms with Crippen LogP contribution in [0.25, 0.3) is 0 Å². The third kappa shape index (κ3) is 5.19. The van der Waals surface area contributed by atoms with E-state index in [4.69, 9.17) is 0 Å². The highest BCUT2D eigenvalue weighted by Gasteiger charge is 2.31. The van der Waals surface area contributed by atoms with Gasteiger partial charge in [0, 0.05) is 26.2 Å². The molecule has 4 rings (SSSR count). The first-order chi connectivity index (χ1) is 14.9. The number of benzene rings is 1. The molecule has 6 nitrogen and oxygen atoms in total. The highest BCUT2D eigenvalue weighted by molar-refractivity contribution is 7.89. The summed E-state index contributed by atoms with van der Waals surface area (Å²) < 4.78 is 27.4. The molecule has 0 spiro atoms. The number of rotatable bonds is 7. The van der Waals surface area contributed by atoms with Crippen LogP contribution in [0.3, 0.4) is 0 Å². The van der Waals surface area contributed by atoms with E-state index in [0.717, 1.165) is 44.0 Å². The van der Waals surface area contributed by atoms with Crippen LogP contribution in [0.1, 0.15) is 53.4 Å². The van der Waals surface area contributed by atoms with E-state index in [1.54, 1.807) is 11.4 Å². The number of piperidine rings is 1. The number of amides is 1. The lowest BCUT2D eigenvalue weighted by atomic mass is 9.98. The van der Waals surface area contributed by atoms with E-state index in [2.05, 4.69) is 23.2 Å². The van der Waals surface area contributed by atoms with Gasteiger partial charge in [0.2, 0.25) is 10.0 Å². The summed E-state index contributed by atoms with van der Waals surface area (Å²) in [4.78, 5) is 15.8. The van der Waals surface area contributed by atoms with Crippen molar-refractivity contribution < 1.29 is 13.2 Å². The molecule has 8 heteroatoms. The summed E-state index contributed by atoms with van der Waals surface area (Å²) in [5, 5.41) is 4.64. The molecule has 0 saturated carbocycles. The number of nitrogens with one attached hydrogen (secondary N) is 1. The van der Waals surface area contributed by atoms with Crippen molar-refractivity contribution in [2.45, 2.75) is 50.6 Å². The van der Waals surface area contributed by atoms with E-state index >= 15 is 0 Å². The van der Waals surface area contributed by atoms with E-state index in [1.807, 2.05) is 18.2 Å². The lowest BCUT2D eigenvalue weighted by Crippen LogP contribution is -2.33. The third-order valence-electron chi connectivity index (χ3n) is 6.35. The number of hydrogen-bond donors (Lipinski definition) is 1. The van der Waals surface area contributed by atoms with Crippen LogP contribution in [0.2, 0.25) is 0 Å². The predicted octanol–water partition coefficient (Wildman–Crippen LogP) is 3.69. The zero-order valence-corrected chi connectivity index (χ0v) is 19.7. The normalized spacial score (nSPS) is 19.0. The molecule has 0 radical (unpaired) electrons. The third-order valence-corrected chi connectivity index (χ3v) is 9.33. The summed E-state index contributed by atoms with van der Waals surface area (Å²) in [5.74, 6) is 0.469. The standard InChI is InChI=1S/C23H31N3O3S2/c1-18-8-13-25(14-9-18)17-20-7-3-2-6-19(20)16-24-23(27)22-21(10-15-30-22)31(28,29)26-11-4-5-12-26/h2-3,6-7,10,15,18H,4-5,8-9,11-14,16-17H2,1H3,(H,24,27). The van der Waals surface area contributed by atoms with Gasteiger partial charge in [0.25, 0.3) is 5.91 Å². The minimum atomic E-state index is -3.61. The molecule has 0 aliphatic carbocycles. The predicted molar refractivity (Wildman–Crippen MR) is 124 cm³/mol. The summed E-state index contributed by atoms with van der Waals surface area (Å²) in [7, 11) is -3.61. The van der Waals surface area contributed by atoms with Gasteiger partial charge >= 0.3 is 0 Å². The van der Waals surface area contributed by atoms with Crippen LogP contribution in [-0.2, 0) is 23.1 Å². The Morgan fingerprint density at radius 1 is 1.06 bits per heavy atom. The molecule has 31 heavy (non-hydrogen) atoms. The fourth-order valence-electron chi connectivity index (χ4n) is 4.33. The molecule has 2 aliphatic rings. The van der Waals surface area contributed by atoms with Crippen LogP contribution >= 0.6 is 11.3 Å². The van der Waals surface area contributed by atoms with E-state index in [-0.39, 0.29) is 15.7 Å². The SMILES string of the molecule is CC1CCN(Cc2ccccc2CNC(=O)c2sccc2S(=O)(=O)N2CCCC2)CC1. The molecule has 0 bridgehead atoms. The zero-order chi connectivity index (χ0) is 21.8. The van der Waals surface area contributed by atoms with Gasteiger partial charge in [0.15, 0.2) is 0 Å². The van der Waals surface area contributed by atoms with Crippen molar-refractivity contribution in [1.82, 2.24) is 14.5 Å². The lowest BCUT2D eigenvalue weighted by Gasteiger charge is -2.30. The second-order valence-corrected chi connectivity index (χ2v) is 11.5. The van der Waals surface area contributed by atoms with Gasteiger partial charge in [-0.15, -0.1) is 11.3 Å². The molecule has 0 atom stereocenters. The van der Waals surface area contributed by atoms with E-state index < -0.39 is 10.0 Å². The topological polar surface area (TPSA) is 69.7 Å². The van der Waals surface area contributed by atoms with Crippen molar-refractivity contribution in [3.8, 4) is 0 Å². The molecule has 1 N–H and O–H groups in total. The highest BCUT2D eigenvalue weighted by Crippen LogP contribution is 2.28. The van der Waals surface area contributed by atoms with Gasteiger partial charge in [-0.3, -0.25) is 9.69 Å². The Balaban J connectivity index is 1.43. The van der Waals surface area contributed by atoms with Crippen LogP contribution in [0.4, 0.5) is 0 Å². The van der Waals surface area contributed by atoms with Crippen LogP contribution in [-0.4, -0.2) is 49.7 Å². The Bertz CT molecular complexity index is 1000. The molecule has 2 fully saturated rings. The van der Waals surface area contributed by atoms with Crippen LogP contribution in [0.15, 0.2) is 40.6 Å². The zero-order valence-electron chi connectivity index (χ0n) is 18.0. The fourth-order valence-corrected chi connectivity index (χ4v) is 7.17. The number of nitrogens with zero attached hydrogens (tertiary/aromatic N) is 2. The minimum Gasteiger partial charge on any atom is -0.347 e. The quantitative estimate of drug-likeness (QED) is 0.683. The van der Waals surface area contributed by atoms with Gasteiger partial charge in [-0.1, -0.05) is 31.2 Å². The Hall–Kier alpha value is -1.74. The maximum Gasteiger partial charge on any atom is 0.263 e. The maximum absolute atomic E-state index is 12.9. The van der Waals surface area contributed by atoms with Crippen LogP contribution in [0.5, 0.6) is 0 Å². The van der Waals surface area contributed by atoms with Crippen molar-refractivity contribution in [3.05, 3.63) is 51.7 Å². The van der Waals surface area contributed by atoms with Crippen LogP contribution < -0.4 is 5.32 Å². The largest absolute Gasteiger partial charge is 0.347 e. The van der Waals surface area contributed by atoms with Gasteiger partial charge in [0.05, 0.1) is 0 Å². The molecule has 2 aromatic rings. The Morgan fingerprint density at radius 2 is 1.74 bits per heavy atom. The van der Waals surface area contributed by atoms with Gasteiger partial charge in [-0.05, 0) is 67.3 Å². The van der Waals surface area contributed by atoms with E-state index in [1.165, 1.54) is 34.0 Å². The second kappa shape index (κ2) is 9.81. The summed E-state index contributed by atoms with van der Waals surface area (Å²) >= 11 is 1.19. The van der Waals surface area contributed by atoms with Crippen molar-refractivity contribution >= 4 is 27.3 Å². The highest BCUT2D eigenvalue weighted by atomic mass is 32.2. The molecule has 1 aromatic heterocycles. The van der Waals surface area contributed by atoms with Crippen molar-refractivity contribution in [3.63, 3.8) is 0 Å². The molecule has 2 aliphatic heterocycles. The Morgan fingerprint density at radius 3 is 2.45 bits per heavy atom. The number of likely N-dealkylation sites (tertiary alicyclic amines) is 1. The smallest absolute Gasteiger partial charge is 0.263 e. The van der Waals surface area contributed by atoms with Gasteiger partial charge < -0.3 is 5.32 Å². The van der Waals surface area contributed by atoms with Gasteiger partial charge in [-0.2, -0.15) is 4.31 Å². The first-order valence-electron chi connectivity index (χ1n) is 11.1. The van der Waals surface area contributed by atoms with Crippen molar-refractivity contribution in [2.24, 2.45) is 5.92 Å². The average Bonchev–Trinajstić information content (AvgIpc) is 3.47. The van der Waals surface area contributed by atoms with Crippen LogP contribution in [0, 0.1) is 5.92 Å². The molecular weight excluding hydrogens is 430 g/mol. The molecule has 3 heterocycles. The number of carbonyl (C=O) groups is 1. The molecule has 168 valence electrons. The van der Waals surface area contributed by atoms with Crippen molar-refractivity contribution in [2.75, 3.05) is 26.2 Å². The summed E-state index contributed by atoms with van der Waals surface area (Å²) in [5.41, 5.74) is 2.29. The Kier molecular flexibility index (Phi) is 7.11. The van der Waals surface area contributed by atoms with E-state index in [9.17, 15) is 13.2 Å². The number of carbonyl (C=O) groups excluding carboxylic acids is 1. The molecule has 1 amide bonds. The Labute approximate surface area is 189 Å². The number of sulfonamides is 1. The average molecular weight is 462 g/mol. The first-order valence-corrected chi connectivity index (χ1v) is 13.4.